The number of epoxide rings is 1. The first-order chi connectivity index (χ1) is 4.43. The van der Waals surface area contributed by atoms with Crippen LogP contribution in [0.1, 0.15) is 20.8 Å². The monoisotopic (exact) mass is 142 g/mol. The van der Waals surface area contributed by atoms with Crippen LogP contribution in [-0.2, 0) is 4.74 Å². The maximum atomic E-state index is 9.41. The molecule has 2 atom stereocenters. The lowest BCUT2D eigenvalue weighted by atomic mass is 10.0. The molecule has 1 rings (SSSR count). The van der Waals surface area contributed by atoms with E-state index in [0.29, 0.717) is 0 Å². The molecule has 1 aliphatic rings. The molecule has 0 bridgehead atoms. The molecular weight excluding hydrogens is 128 g/mol. The fraction of sp³-hybridized carbons (Fsp3) is 0.750. The van der Waals surface area contributed by atoms with Gasteiger partial charge in [0.1, 0.15) is 12.2 Å². The smallest absolute Gasteiger partial charge is 0.116 e. The predicted molar refractivity (Wildman–Crippen MR) is 39.8 cm³/mol. The Kier molecular flexibility index (Phi) is 1.61. The first-order valence-corrected chi connectivity index (χ1v) is 3.46. The van der Waals surface area contributed by atoms with Gasteiger partial charge in [0.05, 0.1) is 5.60 Å². The van der Waals surface area contributed by atoms with Gasteiger partial charge in [0, 0.05) is 0 Å². The van der Waals surface area contributed by atoms with Gasteiger partial charge in [0.15, 0.2) is 0 Å². The summed E-state index contributed by atoms with van der Waals surface area (Å²) in [6.45, 7) is 9.16. The van der Waals surface area contributed by atoms with E-state index >= 15 is 0 Å². The molecule has 0 aromatic carbocycles. The molecular formula is C8H14O2. The van der Waals surface area contributed by atoms with Crippen molar-refractivity contribution in [2.45, 2.75) is 38.6 Å². The van der Waals surface area contributed by atoms with Crippen LogP contribution in [0.4, 0.5) is 0 Å². The van der Waals surface area contributed by atoms with Gasteiger partial charge in [0.2, 0.25) is 0 Å². The van der Waals surface area contributed by atoms with Crippen molar-refractivity contribution in [1.82, 2.24) is 0 Å². The lowest BCUT2D eigenvalue weighted by Crippen LogP contribution is -2.28. The summed E-state index contributed by atoms with van der Waals surface area (Å²) in [7, 11) is 0. The number of hydrogen-bond acceptors (Lipinski definition) is 2. The summed E-state index contributed by atoms with van der Waals surface area (Å²) in [5.41, 5.74) is 0.274. The average Bonchev–Trinajstić information content (AvgIpc) is 2.35. The minimum absolute atomic E-state index is 0.0370. The fourth-order valence-electron chi connectivity index (χ4n) is 1.02. The Labute approximate surface area is 61.5 Å². The highest BCUT2D eigenvalue weighted by atomic mass is 16.6. The summed E-state index contributed by atoms with van der Waals surface area (Å²) in [5.74, 6) is 0. The molecule has 2 unspecified atom stereocenters. The summed E-state index contributed by atoms with van der Waals surface area (Å²) in [5, 5.41) is 9.41. The van der Waals surface area contributed by atoms with Crippen LogP contribution in [0.3, 0.4) is 0 Å². The second kappa shape index (κ2) is 2.07. The molecule has 0 aliphatic carbocycles. The lowest BCUT2D eigenvalue weighted by molar-refractivity contribution is 0.0482. The Morgan fingerprint density at radius 1 is 1.60 bits per heavy atom. The van der Waals surface area contributed by atoms with Crippen LogP contribution in [0, 0.1) is 0 Å². The third-order valence-corrected chi connectivity index (χ3v) is 1.67. The molecule has 58 valence electrons. The van der Waals surface area contributed by atoms with Gasteiger partial charge < -0.3 is 9.84 Å². The van der Waals surface area contributed by atoms with E-state index in [2.05, 4.69) is 6.58 Å². The molecule has 1 saturated heterocycles. The molecule has 1 N–H and O–H groups in total. The van der Waals surface area contributed by atoms with Crippen molar-refractivity contribution in [2.75, 3.05) is 0 Å². The molecule has 1 fully saturated rings. The standard InChI is InChI=1S/C8H14O2/c1-5(2)6-7(10-6)8(3,4)9/h6-7,9H,1H2,2-4H3. The van der Waals surface area contributed by atoms with Crippen molar-refractivity contribution >= 4 is 0 Å². The minimum atomic E-state index is -0.719. The molecule has 1 aliphatic heterocycles. The summed E-state index contributed by atoms with van der Waals surface area (Å²) in [6.07, 6.45) is 0.0463. The zero-order valence-corrected chi connectivity index (χ0v) is 6.72. The first-order valence-electron chi connectivity index (χ1n) is 3.46. The third-order valence-electron chi connectivity index (χ3n) is 1.67. The SMILES string of the molecule is C=C(C)C1OC1C(C)(C)O. The average molecular weight is 142 g/mol. The molecule has 0 amide bonds. The second-order valence-corrected chi connectivity index (χ2v) is 3.48. The molecule has 2 heteroatoms. The summed E-state index contributed by atoms with van der Waals surface area (Å²) < 4.78 is 5.19. The van der Waals surface area contributed by atoms with Crippen molar-refractivity contribution in [3.8, 4) is 0 Å². The van der Waals surface area contributed by atoms with E-state index in [0.717, 1.165) is 5.57 Å². The Morgan fingerprint density at radius 3 is 2.20 bits per heavy atom. The minimum Gasteiger partial charge on any atom is -0.388 e. The Hall–Kier alpha value is -0.340. The van der Waals surface area contributed by atoms with Gasteiger partial charge in [0.25, 0.3) is 0 Å². The van der Waals surface area contributed by atoms with Crippen LogP contribution in [0.2, 0.25) is 0 Å². The van der Waals surface area contributed by atoms with Crippen LogP contribution in [0.5, 0.6) is 0 Å². The highest BCUT2D eigenvalue weighted by Gasteiger charge is 2.49. The Morgan fingerprint density at radius 2 is 2.10 bits per heavy atom. The number of rotatable bonds is 2. The van der Waals surface area contributed by atoms with E-state index in [1.807, 2.05) is 6.92 Å². The van der Waals surface area contributed by atoms with Crippen molar-refractivity contribution in [1.29, 1.82) is 0 Å². The number of hydrogen-bond donors (Lipinski definition) is 1. The maximum absolute atomic E-state index is 9.41. The molecule has 0 spiro atoms. The summed E-state index contributed by atoms with van der Waals surface area (Å²) in [6, 6.07) is 0. The zero-order valence-electron chi connectivity index (χ0n) is 6.72. The molecule has 0 aromatic rings. The molecule has 0 saturated carbocycles. The summed E-state index contributed by atoms with van der Waals surface area (Å²) in [4.78, 5) is 0. The van der Waals surface area contributed by atoms with Gasteiger partial charge in [-0.3, -0.25) is 0 Å². The normalized spacial score (nSPS) is 32.0. The maximum Gasteiger partial charge on any atom is 0.116 e. The molecule has 0 radical (unpaired) electrons. The van der Waals surface area contributed by atoms with Gasteiger partial charge >= 0.3 is 0 Å². The molecule has 1 heterocycles. The van der Waals surface area contributed by atoms with Gasteiger partial charge in [-0.15, -0.1) is 0 Å². The van der Waals surface area contributed by atoms with E-state index in [1.165, 1.54) is 0 Å². The quantitative estimate of drug-likeness (QED) is 0.462. The molecule has 10 heavy (non-hydrogen) atoms. The van der Waals surface area contributed by atoms with Crippen LogP contribution >= 0.6 is 0 Å². The third kappa shape index (κ3) is 1.39. The number of aliphatic hydroxyl groups is 1. The fourth-order valence-corrected chi connectivity index (χ4v) is 1.02. The zero-order chi connectivity index (χ0) is 7.94. The van der Waals surface area contributed by atoms with E-state index in [9.17, 15) is 5.11 Å². The molecule has 2 nitrogen and oxygen atoms in total. The second-order valence-electron chi connectivity index (χ2n) is 3.48. The Balaban J connectivity index is 2.46. The lowest BCUT2D eigenvalue weighted by Gasteiger charge is -2.12. The van der Waals surface area contributed by atoms with Crippen molar-refractivity contribution in [2.24, 2.45) is 0 Å². The predicted octanol–water partition coefficient (Wildman–Crippen LogP) is 1.10. The van der Waals surface area contributed by atoms with Crippen LogP contribution < -0.4 is 0 Å². The van der Waals surface area contributed by atoms with E-state index < -0.39 is 5.60 Å². The van der Waals surface area contributed by atoms with Crippen LogP contribution in [0.15, 0.2) is 12.2 Å². The van der Waals surface area contributed by atoms with Crippen molar-refractivity contribution < 1.29 is 9.84 Å². The number of ether oxygens (including phenoxy) is 1. The van der Waals surface area contributed by atoms with Crippen molar-refractivity contribution in [3.63, 3.8) is 0 Å². The van der Waals surface area contributed by atoms with Gasteiger partial charge in [-0.1, -0.05) is 6.58 Å². The highest BCUT2D eigenvalue weighted by Crippen LogP contribution is 2.35. The van der Waals surface area contributed by atoms with E-state index in [4.69, 9.17) is 4.74 Å². The highest BCUT2D eigenvalue weighted by molar-refractivity contribution is 5.14. The van der Waals surface area contributed by atoms with Gasteiger partial charge in [-0.25, -0.2) is 0 Å². The van der Waals surface area contributed by atoms with Gasteiger partial charge in [-0.05, 0) is 26.3 Å². The first kappa shape index (κ1) is 7.76. The molecule has 0 aromatic heterocycles. The Bertz CT molecular complexity index is 155. The van der Waals surface area contributed by atoms with Crippen LogP contribution in [-0.4, -0.2) is 22.9 Å². The van der Waals surface area contributed by atoms with E-state index in [1.54, 1.807) is 13.8 Å². The van der Waals surface area contributed by atoms with E-state index in [-0.39, 0.29) is 12.2 Å². The topological polar surface area (TPSA) is 32.8 Å². The summed E-state index contributed by atoms with van der Waals surface area (Å²) >= 11 is 0. The van der Waals surface area contributed by atoms with Crippen LogP contribution in [0.25, 0.3) is 0 Å². The largest absolute Gasteiger partial charge is 0.388 e. The van der Waals surface area contributed by atoms with Crippen molar-refractivity contribution in [3.05, 3.63) is 12.2 Å². The van der Waals surface area contributed by atoms with Gasteiger partial charge in [-0.2, -0.15) is 0 Å².